The zero-order chi connectivity index (χ0) is 22.5. The van der Waals surface area contributed by atoms with Gasteiger partial charge in [-0.2, -0.15) is 0 Å². The average molecular weight is 456 g/mol. The maximum absolute atomic E-state index is 13.2. The molecule has 7 nitrogen and oxygen atoms in total. The fourth-order valence-electron chi connectivity index (χ4n) is 4.19. The lowest BCUT2D eigenvalue weighted by Crippen LogP contribution is -2.41. The summed E-state index contributed by atoms with van der Waals surface area (Å²) in [5, 5.41) is 4.00. The van der Waals surface area contributed by atoms with E-state index in [2.05, 4.69) is 33.7 Å². The van der Waals surface area contributed by atoms with Crippen molar-refractivity contribution in [1.29, 1.82) is 0 Å². The first kappa shape index (κ1) is 22.6. The molecule has 1 fully saturated rings. The maximum atomic E-state index is 13.2. The molecule has 3 heterocycles. The number of ether oxygens (including phenoxy) is 1. The van der Waals surface area contributed by atoms with Crippen LogP contribution in [-0.2, 0) is 11.3 Å². The Morgan fingerprint density at radius 3 is 2.91 bits per heavy atom. The van der Waals surface area contributed by atoms with Crippen LogP contribution < -0.4 is 5.32 Å². The van der Waals surface area contributed by atoms with Crippen LogP contribution in [0.3, 0.4) is 0 Å². The lowest BCUT2D eigenvalue weighted by Gasteiger charge is -2.30. The molecule has 0 radical (unpaired) electrons. The molecule has 1 amide bonds. The molecular formula is C24H30ClN5O2. The van der Waals surface area contributed by atoms with Gasteiger partial charge in [0.25, 0.3) is 5.91 Å². The second kappa shape index (κ2) is 10.3. The Balaban J connectivity index is 1.36. The molecule has 1 unspecified atom stereocenters. The van der Waals surface area contributed by atoms with Crippen molar-refractivity contribution in [3.05, 3.63) is 53.4 Å². The van der Waals surface area contributed by atoms with E-state index in [1.54, 1.807) is 6.20 Å². The molecule has 1 N–H and O–H groups in total. The van der Waals surface area contributed by atoms with Crippen LogP contribution in [0.2, 0.25) is 5.02 Å². The molecule has 8 heteroatoms. The van der Waals surface area contributed by atoms with E-state index in [0.29, 0.717) is 42.8 Å². The fourth-order valence-corrected chi connectivity index (χ4v) is 4.36. The van der Waals surface area contributed by atoms with Crippen molar-refractivity contribution < 1.29 is 9.53 Å². The molecule has 0 aliphatic carbocycles. The van der Waals surface area contributed by atoms with Gasteiger partial charge in [0, 0.05) is 43.5 Å². The van der Waals surface area contributed by atoms with Gasteiger partial charge in [-0.3, -0.25) is 4.79 Å². The summed E-state index contributed by atoms with van der Waals surface area (Å²) in [7, 11) is 0. The van der Waals surface area contributed by atoms with E-state index in [1.807, 2.05) is 41.6 Å². The predicted octanol–water partition coefficient (Wildman–Crippen LogP) is 4.47. The fraction of sp³-hybridized carbons (Fsp3) is 0.458. The Kier molecular flexibility index (Phi) is 7.27. The molecule has 2 aromatic heterocycles. The second-order valence-corrected chi connectivity index (χ2v) is 9.05. The third kappa shape index (κ3) is 5.40. The van der Waals surface area contributed by atoms with Crippen molar-refractivity contribution in [3.8, 4) is 0 Å². The van der Waals surface area contributed by atoms with Gasteiger partial charge in [-0.25, -0.2) is 9.97 Å². The molecule has 32 heavy (non-hydrogen) atoms. The number of amides is 1. The molecule has 0 bridgehead atoms. The van der Waals surface area contributed by atoms with Crippen molar-refractivity contribution in [2.45, 2.75) is 39.3 Å². The molecule has 1 saturated heterocycles. The van der Waals surface area contributed by atoms with E-state index in [0.717, 1.165) is 36.2 Å². The number of carbonyl (C=O) groups excluding carboxylic acids is 1. The molecule has 0 saturated carbocycles. The SMILES string of the molecule is CC(C)CC1CCOCCN1C(=O)c1ccc(NCCn2cnc3cc(Cl)ccc32)nc1. The van der Waals surface area contributed by atoms with E-state index in [4.69, 9.17) is 16.3 Å². The van der Waals surface area contributed by atoms with Crippen molar-refractivity contribution in [2.75, 3.05) is 31.6 Å². The first-order chi connectivity index (χ1) is 15.5. The van der Waals surface area contributed by atoms with Gasteiger partial charge in [-0.05, 0) is 49.1 Å². The van der Waals surface area contributed by atoms with Gasteiger partial charge in [0.15, 0.2) is 0 Å². The number of rotatable bonds is 7. The number of fused-ring (bicyclic) bond motifs is 1. The topological polar surface area (TPSA) is 72.3 Å². The Hall–Kier alpha value is -2.64. The minimum absolute atomic E-state index is 0.0312. The molecule has 1 atom stereocenters. The monoisotopic (exact) mass is 455 g/mol. The van der Waals surface area contributed by atoms with Crippen LogP contribution in [0.5, 0.6) is 0 Å². The van der Waals surface area contributed by atoms with E-state index >= 15 is 0 Å². The smallest absolute Gasteiger partial charge is 0.255 e. The van der Waals surface area contributed by atoms with Crippen LogP contribution in [-0.4, -0.2) is 57.7 Å². The van der Waals surface area contributed by atoms with E-state index in [1.165, 1.54) is 0 Å². The molecule has 3 aromatic rings. The Labute approximate surface area is 193 Å². The Bertz CT molecular complexity index is 1050. The quantitative estimate of drug-likeness (QED) is 0.568. The number of nitrogens with zero attached hydrogens (tertiary/aromatic N) is 4. The van der Waals surface area contributed by atoms with Crippen molar-refractivity contribution in [1.82, 2.24) is 19.4 Å². The number of hydrogen-bond donors (Lipinski definition) is 1. The summed E-state index contributed by atoms with van der Waals surface area (Å²) in [5.74, 6) is 1.30. The van der Waals surface area contributed by atoms with Gasteiger partial charge in [-0.1, -0.05) is 25.4 Å². The van der Waals surface area contributed by atoms with E-state index in [-0.39, 0.29) is 11.9 Å². The number of imidazole rings is 1. The number of benzene rings is 1. The number of aromatic nitrogens is 3. The molecule has 170 valence electrons. The van der Waals surface area contributed by atoms with Crippen LogP contribution >= 0.6 is 11.6 Å². The third-order valence-electron chi connectivity index (χ3n) is 5.77. The Morgan fingerprint density at radius 2 is 2.12 bits per heavy atom. The lowest BCUT2D eigenvalue weighted by atomic mass is 9.99. The molecule has 1 aliphatic heterocycles. The van der Waals surface area contributed by atoms with Crippen molar-refractivity contribution in [2.24, 2.45) is 5.92 Å². The molecule has 0 spiro atoms. The molecule has 1 aliphatic rings. The second-order valence-electron chi connectivity index (χ2n) is 8.61. The average Bonchev–Trinajstić information content (AvgIpc) is 3.02. The van der Waals surface area contributed by atoms with Gasteiger partial charge in [0.1, 0.15) is 5.82 Å². The van der Waals surface area contributed by atoms with E-state index < -0.39 is 0 Å². The number of pyridine rings is 1. The highest BCUT2D eigenvalue weighted by atomic mass is 35.5. The first-order valence-corrected chi connectivity index (χ1v) is 11.6. The van der Waals surface area contributed by atoms with Gasteiger partial charge >= 0.3 is 0 Å². The van der Waals surface area contributed by atoms with Crippen LogP contribution in [0.4, 0.5) is 5.82 Å². The highest BCUT2D eigenvalue weighted by Gasteiger charge is 2.27. The Morgan fingerprint density at radius 1 is 1.25 bits per heavy atom. The highest BCUT2D eigenvalue weighted by Crippen LogP contribution is 2.21. The number of halogens is 1. The summed E-state index contributed by atoms with van der Waals surface area (Å²) in [6.45, 7) is 7.74. The van der Waals surface area contributed by atoms with E-state index in [9.17, 15) is 4.79 Å². The minimum atomic E-state index is 0.0312. The van der Waals surface area contributed by atoms with Gasteiger partial charge in [0.05, 0.1) is 29.5 Å². The number of nitrogens with one attached hydrogen (secondary N) is 1. The standard InChI is InChI=1S/C24H30ClN5O2/c1-17(2)13-20-7-11-32-12-10-30(20)24(31)18-3-6-23(27-15-18)26-8-9-29-16-28-21-14-19(25)4-5-22(21)29/h3-6,14-17,20H,7-13H2,1-2H3,(H,26,27). The zero-order valence-corrected chi connectivity index (χ0v) is 19.4. The largest absolute Gasteiger partial charge is 0.380 e. The lowest BCUT2D eigenvalue weighted by molar-refractivity contribution is 0.0655. The van der Waals surface area contributed by atoms with Crippen LogP contribution in [0.25, 0.3) is 11.0 Å². The number of anilines is 1. The third-order valence-corrected chi connectivity index (χ3v) is 6.00. The summed E-state index contributed by atoms with van der Waals surface area (Å²) in [5.41, 5.74) is 2.54. The van der Waals surface area contributed by atoms with Crippen molar-refractivity contribution >= 4 is 34.4 Å². The molecule has 1 aromatic carbocycles. The summed E-state index contributed by atoms with van der Waals surface area (Å²) < 4.78 is 7.69. The van der Waals surface area contributed by atoms with Gasteiger partial charge in [-0.15, -0.1) is 0 Å². The van der Waals surface area contributed by atoms with Gasteiger partial charge in [0.2, 0.25) is 0 Å². The summed E-state index contributed by atoms with van der Waals surface area (Å²) in [6, 6.07) is 9.64. The number of carbonyl (C=O) groups is 1. The number of hydrogen-bond acceptors (Lipinski definition) is 5. The summed E-state index contributed by atoms with van der Waals surface area (Å²) in [6.07, 6.45) is 5.34. The molecular weight excluding hydrogens is 426 g/mol. The van der Waals surface area contributed by atoms with Gasteiger partial charge < -0.3 is 19.5 Å². The molecule has 4 rings (SSSR count). The normalized spacial score (nSPS) is 17.0. The zero-order valence-electron chi connectivity index (χ0n) is 18.6. The summed E-state index contributed by atoms with van der Waals surface area (Å²) in [4.78, 5) is 24.0. The van der Waals surface area contributed by atoms with Crippen LogP contribution in [0, 0.1) is 5.92 Å². The summed E-state index contributed by atoms with van der Waals surface area (Å²) >= 11 is 6.03. The highest BCUT2D eigenvalue weighted by molar-refractivity contribution is 6.31. The van der Waals surface area contributed by atoms with Crippen LogP contribution in [0.1, 0.15) is 37.0 Å². The predicted molar refractivity (Wildman–Crippen MR) is 127 cm³/mol. The van der Waals surface area contributed by atoms with Crippen molar-refractivity contribution in [3.63, 3.8) is 0 Å². The maximum Gasteiger partial charge on any atom is 0.255 e. The van der Waals surface area contributed by atoms with Crippen LogP contribution in [0.15, 0.2) is 42.9 Å². The first-order valence-electron chi connectivity index (χ1n) is 11.2. The minimum Gasteiger partial charge on any atom is -0.380 e.